The molecule has 0 bridgehead atoms. The first-order valence-electron chi connectivity index (χ1n) is 25.1. The Morgan fingerprint density at radius 3 is 1.99 bits per heavy atom. The van der Waals surface area contributed by atoms with Crippen LogP contribution in [0.25, 0.3) is 10.9 Å². The van der Waals surface area contributed by atoms with Gasteiger partial charge in [0, 0.05) is 62.8 Å². The van der Waals surface area contributed by atoms with E-state index in [0.717, 1.165) is 6.92 Å². The number of rotatable bonds is 23. The van der Waals surface area contributed by atoms with E-state index in [0.29, 0.717) is 26.9 Å². The molecule has 1 aromatic heterocycles. The fourth-order valence-electron chi connectivity index (χ4n) is 8.54. The van der Waals surface area contributed by atoms with Gasteiger partial charge in [0.25, 0.3) is 5.91 Å². The summed E-state index contributed by atoms with van der Waals surface area (Å²) in [5.41, 5.74) is 35.0. The van der Waals surface area contributed by atoms with Crippen molar-refractivity contribution >= 4 is 82.0 Å². The number of nitrogens with two attached hydrogens (primary N) is 6. The molecular weight excluding hydrogens is 1010 g/mol. The molecule has 4 rings (SSSR count). The summed E-state index contributed by atoms with van der Waals surface area (Å²) < 4.78 is 0. The smallest absolute Gasteiger partial charge is 0.326 e. The number of nitrogens with zero attached hydrogens (tertiary/aromatic N) is 4. The van der Waals surface area contributed by atoms with Crippen molar-refractivity contribution in [2.75, 3.05) is 19.6 Å². The minimum absolute atomic E-state index is 0.00932. The van der Waals surface area contributed by atoms with Gasteiger partial charge in [-0.2, -0.15) is 5.26 Å². The summed E-state index contributed by atoms with van der Waals surface area (Å²) in [6.07, 6.45) is -2.03. The van der Waals surface area contributed by atoms with Crippen molar-refractivity contribution in [3.8, 4) is 6.07 Å². The molecule has 0 unspecified atom stereocenters. The molecule has 420 valence electrons. The number of aromatic nitrogens is 1. The average Bonchev–Trinajstić information content (AvgIpc) is 3.82. The van der Waals surface area contributed by atoms with Gasteiger partial charge in [0.15, 0.2) is 11.9 Å². The Labute approximate surface area is 448 Å². The highest BCUT2D eigenvalue weighted by Crippen LogP contribution is 2.22. The topological polar surface area (TPSA) is 487 Å². The van der Waals surface area contributed by atoms with E-state index in [1.165, 1.54) is 24.3 Å². The maximum atomic E-state index is 15.3. The predicted molar refractivity (Wildman–Crippen MR) is 283 cm³/mol. The highest BCUT2D eigenvalue weighted by atomic mass is 16.4. The second kappa shape index (κ2) is 30.4. The molecule has 1 saturated heterocycles. The van der Waals surface area contributed by atoms with Gasteiger partial charge >= 0.3 is 5.97 Å². The fraction of sp³-hybridized carbons (Fsp3) is 0.460. The predicted octanol–water partition coefficient (Wildman–Crippen LogP) is -3.53. The van der Waals surface area contributed by atoms with Crippen LogP contribution in [-0.2, 0) is 60.8 Å². The van der Waals surface area contributed by atoms with Crippen LogP contribution < -0.4 is 66.3 Å². The first kappa shape index (κ1) is 61.4. The van der Waals surface area contributed by atoms with E-state index in [1.54, 1.807) is 30.5 Å². The zero-order valence-electron chi connectivity index (χ0n) is 43.1. The normalized spacial score (nSPS) is 19.5. The lowest BCUT2D eigenvalue weighted by molar-refractivity contribution is -0.160. The number of imide groups is 1. The Bertz CT molecular complexity index is 2750. The van der Waals surface area contributed by atoms with Crippen molar-refractivity contribution in [2.24, 2.45) is 44.4 Å². The van der Waals surface area contributed by atoms with E-state index >= 15 is 4.79 Å². The number of hydrogen-bond acceptors (Lipinski definition) is 14. The molecule has 1 aliphatic heterocycles. The first-order chi connectivity index (χ1) is 37.1. The molecule has 2 aromatic carbocycles. The number of carboxylic acid groups (broad SMARTS) is 1. The van der Waals surface area contributed by atoms with Crippen molar-refractivity contribution in [2.45, 2.75) is 126 Å². The Balaban J connectivity index is 1.96. The Hall–Kier alpha value is -9.13. The first-order valence-corrected chi connectivity index (χ1v) is 25.1. The van der Waals surface area contributed by atoms with E-state index in [4.69, 9.17) is 34.4 Å². The third-order valence-electron chi connectivity index (χ3n) is 12.5. The van der Waals surface area contributed by atoms with Crippen LogP contribution in [0.2, 0.25) is 0 Å². The monoisotopic (exact) mass is 1080 g/mol. The number of H-pyrrole nitrogens is 1. The average molecular weight is 1080 g/mol. The number of hydrogen-bond donors (Lipinski definition) is 14. The standard InChI is InChI=1S/C50H69N17O11/c1-27(68)61-33(9-5-21-58-49(54)55)42(71)64-36-17-19-41(70)67(39(48(77)78)11-4-20-51)47(76)38(24-30-26-60-32-8-3-2-7-31(30)32)66-43(72)34(10-6-22-59-50(56)57)62-46(75)37(23-28-12-14-29(25-52)15-13-28)65-45(74)35(63-44(36)73)16-18-40(53)69/h2-3,7-8,12-15,26,33-39,60H,4-6,9-11,16-24,51H2,1H3,(H2,53,69)(H,61,68)(H,62,75)(H,63,73)(H,64,71)(H,65,74)(H,66,72)(H,77,78)(H4,54,55,58)(H4,56,57,59)/t33-,34-,35-,36-,37+,38-,39-/m0/s1. The zero-order valence-corrected chi connectivity index (χ0v) is 43.1. The molecule has 0 radical (unpaired) electrons. The molecule has 1 aliphatic rings. The van der Waals surface area contributed by atoms with Gasteiger partial charge in [-0.1, -0.05) is 30.3 Å². The number of carboxylic acids is 1. The Morgan fingerprint density at radius 1 is 0.769 bits per heavy atom. The molecular formula is C50H69N17O11. The molecule has 28 nitrogen and oxygen atoms in total. The number of fused-ring (bicyclic) bond motifs is 1. The number of primary amides is 1. The molecule has 0 saturated carbocycles. The van der Waals surface area contributed by atoms with E-state index in [1.807, 2.05) is 6.07 Å². The lowest BCUT2D eigenvalue weighted by Crippen LogP contribution is -2.62. The third kappa shape index (κ3) is 19.2. The summed E-state index contributed by atoms with van der Waals surface area (Å²) in [4.78, 5) is 152. The van der Waals surface area contributed by atoms with Crippen LogP contribution in [0.4, 0.5) is 0 Å². The van der Waals surface area contributed by atoms with Gasteiger partial charge in [-0.15, -0.1) is 0 Å². The lowest BCUT2D eigenvalue weighted by atomic mass is 9.99. The molecule has 1 fully saturated rings. The minimum Gasteiger partial charge on any atom is -0.480 e. The molecule has 3 aromatic rings. The highest BCUT2D eigenvalue weighted by Gasteiger charge is 2.41. The lowest BCUT2D eigenvalue weighted by Gasteiger charge is -2.33. The van der Waals surface area contributed by atoms with E-state index in [-0.39, 0.29) is 88.5 Å². The van der Waals surface area contributed by atoms with Gasteiger partial charge in [-0.05, 0) is 87.2 Å². The largest absolute Gasteiger partial charge is 0.480 e. The number of aliphatic carboxylic acids is 1. The number of aliphatic imine (C=N–C) groups is 2. The van der Waals surface area contributed by atoms with Crippen LogP contribution in [0, 0.1) is 11.3 Å². The number of guanidine groups is 2. The number of benzene rings is 2. The van der Waals surface area contributed by atoms with E-state index in [2.05, 4.69) is 46.9 Å². The van der Waals surface area contributed by atoms with E-state index < -0.39 is 127 Å². The maximum absolute atomic E-state index is 15.3. The quantitative estimate of drug-likeness (QED) is 0.0189. The Kier molecular flexibility index (Phi) is 24.0. The molecule has 9 amide bonds. The molecule has 7 atom stereocenters. The summed E-state index contributed by atoms with van der Waals surface area (Å²) in [7, 11) is 0. The SMILES string of the molecule is CC(=O)N[C@@H](CCCN=C(N)N)C(=O)N[C@H]1CCC(=O)N([C@@H](CCCN)C(=O)O)C(=O)[C@H](Cc2c[nH]c3ccccc23)NC(=O)[C@H](CCCN=C(N)N)NC(=O)[C@@H](Cc2ccc(C#N)cc2)NC(=O)[C@H](CCC(N)=O)NC1=O. The fourth-order valence-corrected chi connectivity index (χ4v) is 8.54. The van der Waals surface area contributed by atoms with Crippen molar-refractivity contribution in [3.63, 3.8) is 0 Å². The Morgan fingerprint density at radius 2 is 1.37 bits per heavy atom. The number of nitrogens with one attached hydrogen (secondary N) is 7. The van der Waals surface area contributed by atoms with Crippen molar-refractivity contribution in [1.82, 2.24) is 41.8 Å². The van der Waals surface area contributed by atoms with Gasteiger partial charge in [0.2, 0.25) is 47.3 Å². The van der Waals surface area contributed by atoms with Crippen LogP contribution in [-0.4, -0.2) is 148 Å². The number of nitriles is 1. The van der Waals surface area contributed by atoms with Gasteiger partial charge in [0.1, 0.15) is 42.3 Å². The van der Waals surface area contributed by atoms with Crippen LogP contribution in [0.5, 0.6) is 0 Å². The number of amides is 9. The summed E-state index contributed by atoms with van der Waals surface area (Å²) >= 11 is 0. The van der Waals surface area contributed by atoms with E-state index in [9.17, 15) is 53.5 Å². The summed E-state index contributed by atoms with van der Waals surface area (Å²) in [6, 6.07) is 3.30. The maximum Gasteiger partial charge on any atom is 0.326 e. The van der Waals surface area contributed by atoms with Crippen molar-refractivity contribution in [3.05, 3.63) is 71.4 Å². The van der Waals surface area contributed by atoms with Crippen LogP contribution >= 0.6 is 0 Å². The van der Waals surface area contributed by atoms with Crippen molar-refractivity contribution < 1.29 is 53.1 Å². The summed E-state index contributed by atoms with van der Waals surface area (Å²) in [5, 5.41) is 36.1. The van der Waals surface area contributed by atoms with Crippen LogP contribution in [0.1, 0.15) is 87.8 Å². The zero-order chi connectivity index (χ0) is 57.5. The number of carbonyl (C=O) groups is 10. The van der Waals surface area contributed by atoms with Gasteiger partial charge < -0.3 is 76.4 Å². The summed E-state index contributed by atoms with van der Waals surface area (Å²) in [6.45, 7) is 1.06. The molecule has 2 heterocycles. The number of aromatic amines is 1. The number of carbonyl (C=O) groups excluding carboxylic acids is 9. The second-order valence-electron chi connectivity index (χ2n) is 18.5. The minimum atomic E-state index is -1.90. The van der Waals surface area contributed by atoms with Gasteiger partial charge in [-0.25, -0.2) is 4.79 Å². The van der Waals surface area contributed by atoms with Gasteiger partial charge in [0.05, 0.1) is 11.6 Å². The molecule has 20 N–H and O–H groups in total. The van der Waals surface area contributed by atoms with Crippen LogP contribution in [0.3, 0.4) is 0 Å². The van der Waals surface area contributed by atoms with Crippen LogP contribution in [0.15, 0.2) is 64.7 Å². The molecule has 0 spiro atoms. The van der Waals surface area contributed by atoms with Gasteiger partial charge in [-0.3, -0.25) is 58.0 Å². The summed E-state index contributed by atoms with van der Waals surface area (Å²) in [5.74, 6) is -11.2. The second-order valence-corrected chi connectivity index (χ2v) is 18.5. The third-order valence-corrected chi connectivity index (χ3v) is 12.5. The van der Waals surface area contributed by atoms with Crippen molar-refractivity contribution in [1.29, 1.82) is 5.26 Å². The molecule has 0 aliphatic carbocycles. The molecule has 78 heavy (non-hydrogen) atoms. The highest BCUT2D eigenvalue weighted by molar-refractivity contribution is 6.04. The number of para-hydroxylation sites is 1. The molecule has 28 heteroatoms.